The van der Waals surface area contributed by atoms with Crippen LogP contribution in [-0.4, -0.2) is 59.7 Å². The Labute approximate surface area is 139 Å². The molecule has 9 heteroatoms. The monoisotopic (exact) mass is 350 g/mol. The highest BCUT2D eigenvalue weighted by molar-refractivity contribution is 7.91. The van der Waals surface area contributed by atoms with E-state index in [-0.39, 0.29) is 17.2 Å². The molecule has 1 heterocycles. The largest absolute Gasteiger partial charge is 0.316 e. The van der Waals surface area contributed by atoms with Gasteiger partial charge in [0.15, 0.2) is 9.84 Å². The number of hydrazone groups is 1. The van der Waals surface area contributed by atoms with Crippen LogP contribution in [0.25, 0.3) is 10.9 Å². The molecular weight excluding hydrogens is 332 g/mol. The molecule has 0 N–H and O–H groups in total. The lowest BCUT2D eigenvalue weighted by Crippen LogP contribution is -2.31. The molecule has 0 aliphatic heterocycles. The lowest BCUT2D eigenvalue weighted by molar-refractivity contribution is -0.125. The Morgan fingerprint density at radius 3 is 2.54 bits per heavy atom. The van der Waals surface area contributed by atoms with Crippen LogP contribution in [-0.2, 0) is 21.7 Å². The van der Waals surface area contributed by atoms with Crippen LogP contribution < -0.4 is 0 Å². The summed E-state index contributed by atoms with van der Waals surface area (Å²) in [5.74, 6) is -1.97. The van der Waals surface area contributed by atoms with Crippen molar-refractivity contribution in [1.29, 1.82) is 0 Å². The van der Waals surface area contributed by atoms with E-state index in [0.717, 1.165) is 16.8 Å². The Kier molecular flexibility index (Phi) is 4.83. The molecule has 0 bridgehead atoms. The highest BCUT2D eigenvalue weighted by atomic mass is 32.2. The zero-order chi connectivity index (χ0) is 18.1. The molecule has 1 aromatic carbocycles. The molecule has 1 aromatic heterocycles. The van der Waals surface area contributed by atoms with E-state index in [4.69, 9.17) is 0 Å². The molecule has 0 saturated heterocycles. The van der Waals surface area contributed by atoms with Crippen LogP contribution >= 0.6 is 0 Å². The lowest BCUT2D eigenvalue weighted by Gasteiger charge is -2.11. The van der Waals surface area contributed by atoms with Crippen molar-refractivity contribution in [2.24, 2.45) is 12.1 Å². The maximum absolute atomic E-state index is 12.4. The number of hydrogen-bond acceptors (Lipinski definition) is 6. The summed E-state index contributed by atoms with van der Waals surface area (Å²) in [5, 5.41) is 9.38. The van der Waals surface area contributed by atoms with Gasteiger partial charge in [-0.25, -0.2) is 13.4 Å². The van der Waals surface area contributed by atoms with Gasteiger partial charge in [-0.15, -0.1) is 0 Å². The van der Waals surface area contributed by atoms with Crippen molar-refractivity contribution in [3.8, 4) is 0 Å². The summed E-state index contributed by atoms with van der Waals surface area (Å²) in [5.41, 5.74) is 0.987. The van der Waals surface area contributed by atoms with E-state index in [0.29, 0.717) is 5.39 Å². The SMILES string of the molecule is CC(CS(C)(=O)=O)=NN(C)C(=O)C(=O)c1nn(C)c2ccccc12. The Morgan fingerprint density at radius 2 is 1.92 bits per heavy atom. The summed E-state index contributed by atoms with van der Waals surface area (Å²) in [6, 6.07) is 7.07. The number of amides is 1. The fraction of sp³-hybridized carbons (Fsp3) is 0.333. The molecule has 0 spiro atoms. The first kappa shape index (κ1) is 17.8. The first-order chi connectivity index (χ1) is 11.1. The number of nitrogens with zero attached hydrogens (tertiary/aromatic N) is 4. The van der Waals surface area contributed by atoms with Crippen LogP contribution in [0, 0.1) is 0 Å². The second kappa shape index (κ2) is 6.52. The number of likely N-dealkylation sites (N-methyl/N-ethyl adjacent to an activating group) is 1. The molecule has 0 saturated carbocycles. The number of rotatable bonds is 5. The standard InChI is InChI=1S/C15H18N4O4S/c1-10(9-24(4,22)23)16-19(3)15(21)14(20)13-11-7-5-6-8-12(11)18(2)17-13/h5-8H,9H2,1-4H3. The number of aryl methyl sites for hydroxylation is 1. The van der Waals surface area contributed by atoms with Gasteiger partial charge in [0.1, 0.15) is 5.69 Å². The first-order valence-corrected chi connectivity index (χ1v) is 9.12. The quantitative estimate of drug-likeness (QED) is 0.341. The van der Waals surface area contributed by atoms with Crippen molar-refractivity contribution < 1.29 is 18.0 Å². The number of carbonyl (C=O) groups excluding carboxylic acids is 2. The van der Waals surface area contributed by atoms with Crippen molar-refractivity contribution in [3.05, 3.63) is 30.0 Å². The Hall–Kier alpha value is -2.55. The minimum absolute atomic E-state index is 0.0425. The average Bonchev–Trinajstić information content (AvgIpc) is 2.81. The van der Waals surface area contributed by atoms with Crippen LogP contribution in [0.15, 0.2) is 29.4 Å². The van der Waals surface area contributed by atoms with Crippen molar-refractivity contribution in [3.63, 3.8) is 0 Å². The number of hydrogen-bond donors (Lipinski definition) is 0. The normalized spacial score (nSPS) is 12.4. The first-order valence-electron chi connectivity index (χ1n) is 7.06. The number of Topliss-reactive ketones (excluding diaryl/α,β-unsaturated/α-hetero) is 1. The average molecular weight is 350 g/mol. The minimum Gasteiger partial charge on any atom is -0.281 e. The maximum atomic E-state index is 12.4. The summed E-state index contributed by atoms with van der Waals surface area (Å²) in [6.07, 6.45) is 1.07. The molecule has 0 aliphatic carbocycles. The third-order valence-corrected chi connectivity index (χ3v) is 4.19. The Bertz CT molecular complexity index is 944. The summed E-state index contributed by atoms with van der Waals surface area (Å²) in [4.78, 5) is 24.7. The summed E-state index contributed by atoms with van der Waals surface area (Å²) in [7, 11) is -0.277. The van der Waals surface area contributed by atoms with E-state index in [9.17, 15) is 18.0 Å². The van der Waals surface area contributed by atoms with Crippen molar-refractivity contribution >= 4 is 38.1 Å². The van der Waals surface area contributed by atoms with E-state index in [1.54, 1.807) is 25.2 Å². The topological polar surface area (TPSA) is 102 Å². The third-order valence-electron chi connectivity index (χ3n) is 3.25. The van der Waals surface area contributed by atoms with Crippen LogP contribution in [0.1, 0.15) is 17.4 Å². The predicted molar refractivity (Wildman–Crippen MR) is 90.6 cm³/mol. The molecule has 2 rings (SSSR count). The van der Waals surface area contributed by atoms with Crippen LogP contribution in [0.2, 0.25) is 0 Å². The fourth-order valence-electron chi connectivity index (χ4n) is 2.34. The van der Waals surface area contributed by atoms with Gasteiger partial charge in [-0.3, -0.25) is 14.3 Å². The summed E-state index contributed by atoms with van der Waals surface area (Å²) < 4.78 is 24.0. The second-order valence-corrected chi connectivity index (χ2v) is 7.69. The predicted octanol–water partition coefficient (Wildman–Crippen LogP) is 0.635. The minimum atomic E-state index is -3.26. The van der Waals surface area contributed by atoms with E-state index in [2.05, 4.69) is 10.2 Å². The van der Waals surface area contributed by atoms with Gasteiger partial charge in [-0.2, -0.15) is 10.2 Å². The number of sulfone groups is 1. The lowest BCUT2D eigenvalue weighted by atomic mass is 10.1. The van der Waals surface area contributed by atoms with E-state index in [1.165, 1.54) is 18.7 Å². The van der Waals surface area contributed by atoms with Crippen LogP contribution in [0.5, 0.6) is 0 Å². The van der Waals surface area contributed by atoms with Crippen molar-refractivity contribution in [1.82, 2.24) is 14.8 Å². The molecule has 0 fully saturated rings. The van der Waals surface area contributed by atoms with Crippen molar-refractivity contribution in [2.75, 3.05) is 19.1 Å². The molecule has 0 aliphatic rings. The van der Waals surface area contributed by atoms with Crippen molar-refractivity contribution in [2.45, 2.75) is 6.92 Å². The smallest absolute Gasteiger partial charge is 0.281 e. The molecular formula is C15H18N4O4S. The molecule has 2 aromatic rings. The van der Waals surface area contributed by atoms with Crippen LogP contribution in [0.3, 0.4) is 0 Å². The summed E-state index contributed by atoms with van der Waals surface area (Å²) >= 11 is 0. The van der Waals surface area contributed by atoms with Gasteiger partial charge < -0.3 is 0 Å². The highest BCUT2D eigenvalue weighted by Gasteiger charge is 2.26. The maximum Gasteiger partial charge on any atom is 0.316 e. The Balaban J connectivity index is 2.28. The number of para-hydroxylation sites is 1. The van der Waals surface area contributed by atoms with Gasteiger partial charge in [0.2, 0.25) is 0 Å². The molecule has 0 radical (unpaired) electrons. The molecule has 128 valence electrons. The fourth-order valence-corrected chi connectivity index (χ4v) is 3.16. The van der Waals surface area contributed by atoms with E-state index < -0.39 is 21.5 Å². The number of fused-ring (bicyclic) bond motifs is 1. The number of carbonyl (C=O) groups is 2. The molecule has 8 nitrogen and oxygen atoms in total. The molecule has 0 atom stereocenters. The van der Waals surface area contributed by atoms with Gasteiger partial charge in [-0.05, 0) is 13.0 Å². The van der Waals surface area contributed by atoms with Gasteiger partial charge in [0.05, 0.1) is 17.0 Å². The van der Waals surface area contributed by atoms with Gasteiger partial charge in [0, 0.05) is 25.7 Å². The third kappa shape index (κ3) is 3.85. The molecule has 1 amide bonds. The van der Waals surface area contributed by atoms with E-state index >= 15 is 0 Å². The summed E-state index contributed by atoms with van der Waals surface area (Å²) in [6.45, 7) is 1.48. The van der Waals surface area contributed by atoms with Gasteiger partial charge >= 0.3 is 5.91 Å². The zero-order valence-electron chi connectivity index (χ0n) is 13.8. The number of aromatic nitrogens is 2. The zero-order valence-corrected chi connectivity index (χ0v) is 14.7. The number of ketones is 1. The van der Waals surface area contributed by atoms with Gasteiger partial charge in [-0.1, -0.05) is 18.2 Å². The Morgan fingerprint density at radius 1 is 1.29 bits per heavy atom. The number of benzene rings is 1. The second-order valence-electron chi connectivity index (χ2n) is 5.55. The van der Waals surface area contributed by atoms with Crippen LogP contribution in [0.4, 0.5) is 0 Å². The van der Waals surface area contributed by atoms with E-state index in [1.807, 2.05) is 6.07 Å². The molecule has 24 heavy (non-hydrogen) atoms. The van der Waals surface area contributed by atoms with Gasteiger partial charge in [0.25, 0.3) is 5.78 Å². The highest BCUT2D eigenvalue weighted by Crippen LogP contribution is 2.18. The molecule has 0 unspecified atom stereocenters.